The second kappa shape index (κ2) is 10.8. The van der Waals surface area contributed by atoms with Gasteiger partial charge in [0, 0.05) is 26.1 Å². The number of amides is 2. The molecule has 1 aliphatic heterocycles. The molecule has 1 atom stereocenters. The number of ether oxygens (including phenoxy) is 1. The number of likely N-dealkylation sites (tertiary alicyclic amines) is 1. The molecule has 29 heavy (non-hydrogen) atoms. The Bertz CT molecular complexity index is 704. The second-order valence-electron chi connectivity index (χ2n) is 7.60. The number of methoxy groups -OCH3 is 1. The topological polar surface area (TPSA) is 78.9 Å². The SMILES string of the molecule is C=CCC(O)(CC=C)CNC(=O)[C@H]1CCC(=O)N(CCc2ccc(OC)cc2)C1. The summed E-state index contributed by atoms with van der Waals surface area (Å²) in [5.74, 6) is 0.489. The summed E-state index contributed by atoms with van der Waals surface area (Å²) >= 11 is 0. The molecule has 0 aliphatic carbocycles. The summed E-state index contributed by atoms with van der Waals surface area (Å²) in [5, 5.41) is 13.4. The number of carbonyl (C=O) groups excluding carboxylic acids is 2. The van der Waals surface area contributed by atoms with E-state index < -0.39 is 5.60 Å². The van der Waals surface area contributed by atoms with Gasteiger partial charge >= 0.3 is 0 Å². The molecule has 0 bridgehead atoms. The van der Waals surface area contributed by atoms with Gasteiger partial charge in [-0.2, -0.15) is 0 Å². The fourth-order valence-electron chi connectivity index (χ4n) is 3.56. The summed E-state index contributed by atoms with van der Waals surface area (Å²) in [6.45, 7) is 8.44. The third-order valence-corrected chi connectivity index (χ3v) is 5.34. The van der Waals surface area contributed by atoms with Gasteiger partial charge < -0.3 is 20.1 Å². The minimum atomic E-state index is -1.07. The van der Waals surface area contributed by atoms with Crippen LogP contribution in [0.15, 0.2) is 49.6 Å². The molecule has 158 valence electrons. The van der Waals surface area contributed by atoms with Crippen molar-refractivity contribution in [3.63, 3.8) is 0 Å². The molecule has 0 aromatic heterocycles. The number of hydrogen-bond donors (Lipinski definition) is 2. The maximum atomic E-state index is 12.6. The van der Waals surface area contributed by atoms with Crippen molar-refractivity contribution in [1.29, 1.82) is 0 Å². The summed E-state index contributed by atoms with van der Waals surface area (Å²) in [7, 11) is 1.63. The van der Waals surface area contributed by atoms with E-state index in [0.29, 0.717) is 38.8 Å². The molecule has 2 rings (SSSR count). The summed E-state index contributed by atoms with van der Waals surface area (Å²) in [6, 6.07) is 7.77. The molecule has 6 heteroatoms. The standard InChI is InChI=1S/C23H32N2O4/c1-4-13-23(28,14-5-2)17-24-22(27)19-8-11-21(26)25(16-19)15-12-18-6-9-20(29-3)10-7-18/h4-7,9-10,19,28H,1-2,8,11-17H2,3H3,(H,24,27)/t19-/m0/s1. The Balaban J connectivity index is 1.88. The van der Waals surface area contributed by atoms with Crippen molar-refractivity contribution in [2.75, 3.05) is 26.7 Å². The van der Waals surface area contributed by atoms with E-state index in [1.807, 2.05) is 24.3 Å². The van der Waals surface area contributed by atoms with Gasteiger partial charge in [-0.1, -0.05) is 24.3 Å². The number of piperidine rings is 1. The molecule has 1 heterocycles. The maximum Gasteiger partial charge on any atom is 0.225 e. The van der Waals surface area contributed by atoms with E-state index in [0.717, 1.165) is 17.7 Å². The Kier molecular flexibility index (Phi) is 8.46. The Morgan fingerprint density at radius 3 is 2.55 bits per heavy atom. The number of rotatable bonds is 11. The van der Waals surface area contributed by atoms with Crippen molar-refractivity contribution in [2.45, 2.75) is 37.7 Å². The van der Waals surface area contributed by atoms with Crippen molar-refractivity contribution in [2.24, 2.45) is 5.92 Å². The average Bonchev–Trinajstić information content (AvgIpc) is 2.72. The molecule has 1 fully saturated rings. The highest BCUT2D eigenvalue weighted by Crippen LogP contribution is 2.20. The predicted octanol–water partition coefficient (Wildman–Crippen LogP) is 2.48. The van der Waals surface area contributed by atoms with Gasteiger partial charge in [0.15, 0.2) is 0 Å². The lowest BCUT2D eigenvalue weighted by atomic mass is 9.93. The molecule has 6 nitrogen and oxygen atoms in total. The summed E-state index contributed by atoms with van der Waals surface area (Å²) in [4.78, 5) is 26.7. The molecule has 2 N–H and O–H groups in total. The Morgan fingerprint density at radius 2 is 1.97 bits per heavy atom. The predicted molar refractivity (Wildman–Crippen MR) is 114 cm³/mol. The monoisotopic (exact) mass is 400 g/mol. The van der Waals surface area contributed by atoms with Crippen molar-refractivity contribution in [3.8, 4) is 5.75 Å². The van der Waals surface area contributed by atoms with Crippen LogP contribution in [0.3, 0.4) is 0 Å². The lowest BCUT2D eigenvalue weighted by Crippen LogP contribution is -2.49. The zero-order chi connectivity index (χ0) is 21.3. The van der Waals surface area contributed by atoms with Gasteiger partial charge in [-0.15, -0.1) is 13.2 Å². The van der Waals surface area contributed by atoms with Gasteiger partial charge in [-0.25, -0.2) is 0 Å². The van der Waals surface area contributed by atoms with E-state index in [-0.39, 0.29) is 24.3 Å². The van der Waals surface area contributed by atoms with Crippen LogP contribution in [-0.4, -0.2) is 54.2 Å². The largest absolute Gasteiger partial charge is 0.497 e. The first-order valence-electron chi connectivity index (χ1n) is 10.0. The van der Waals surface area contributed by atoms with E-state index in [4.69, 9.17) is 4.74 Å². The average molecular weight is 401 g/mol. The molecule has 0 radical (unpaired) electrons. The van der Waals surface area contributed by atoms with Gasteiger partial charge in [0.1, 0.15) is 5.75 Å². The molecule has 0 spiro atoms. The highest BCUT2D eigenvalue weighted by Gasteiger charge is 2.31. The molecule has 0 unspecified atom stereocenters. The Labute approximate surface area is 173 Å². The van der Waals surface area contributed by atoms with Crippen LogP contribution < -0.4 is 10.1 Å². The number of carbonyl (C=O) groups is 2. The van der Waals surface area contributed by atoms with Crippen molar-refractivity contribution >= 4 is 11.8 Å². The number of benzene rings is 1. The van der Waals surface area contributed by atoms with E-state index >= 15 is 0 Å². The molecule has 1 aliphatic rings. The molecule has 2 amide bonds. The number of nitrogens with zero attached hydrogens (tertiary/aromatic N) is 1. The highest BCUT2D eigenvalue weighted by atomic mass is 16.5. The Morgan fingerprint density at radius 1 is 1.31 bits per heavy atom. The molecule has 1 saturated heterocycles. The first kappa shape index (κ1) is 22.7. The van der Waals surface area contributed by atoms with Crippen LogP contribution in [0.25, 0.3) is 0 Å². The quantitative estimate of drug-likeness (QED) is 0.560. The van der Waals surface area contributed by atoms with Crippen molar-refractivity contribution in [1.82, 2.24) is 10.2 Å². The highest BCUT2D eigenvalue weighted by molar-refractivity contribution is 5.83. The maximum absolute atomic E-state index is 12.6. The van der Waals surface area contributed by atoms with Gasteiger partial charge in [-0.05, 0) is 43.4 Å². The van der Waals surface area contributed by atoms with E-state index in [2.05, 4.69) is 18.5 Å². The van der Waals surface area contributed by atoms with Crippen LogP contribution >= 0.6 is 0 Å². The van der Waals surface area contributed by atoms with Crippen LogP contribution in [0.1, 0.15) is 31.2 Å². The van der Waals surface area contributed by atoms with Gasteiger partial charge in [0.05, 0.1) is 18.6 Å². The fraction of sp³-hybridized carbons (Fsp3) is 0.478. The lowest BCUT2D eigenvalue weighted by Gasteiger charge is -2.33. The summed E-state index contributed by atoms with van der Waals surface area (Å²) in [5.41, 5.74) is 0.0432. The summed E-state index contributed by atoms with van der Waals surface area (Å²) in [6.07, 6.45) is 5.64. The smallest absolute Gasteiger partial charge is 0.225 e. The van der Waals surface area contributed by atoms with Crippen LogP contribution in [0, 0.1) is 5.92 Å². The number of nitrogens with one attached hydrogen (secondary N) is 1. The van der Waals surface area contributed by atoms with Crippen LogP contribution in [0.5, 0.6) is 5.75 Å². The van der Waals surface area contributed by atoms with Crippen LogP contribution in [-0.2, 0) is 16.0 Å². The minimum Gasteiger partial charge on any atom is -0.497 e. The van der Waals surface area contributed by atoms with E-state index in [1.54, 1.807) is 24.2 Å². The zero-order valence-corrected chi connectivity index (χ0v) is 17.2. The van der Waals surface area contributed by atoms with Crippen molar-refractivity contribution in [3.05, 3.63) is 55.1 Å². The number of hydrogen-bond acceptors (Lipinski definition) is 4. The fourth-order valence-corrected chi connectivity index (χ4v) is 3.56. The van der Waals surface area contributed by atoms with Gasteiger partial charge in [-0.3, -0.25) is 9.59 Å². The van der Waals surface area contributed by atoms with Crippen LogP contribution in [0.4, 0.5) is 0 Å². The van der Waals surface area contributed by atoms with Crippen molar-refractivity contribution < 1.29 is 19.4 Å². The normalized spacial score (nSPS) is 17.0. The Hall–Kier alpha value is -2.60. The first-order chi connectivity index (χ1) is 13.9. The zero-order valence-electron chi connectivity index (χ0n) is 17.2. The van der Waals surface area contributed by atoms with Crippen LogP contribution in [0.2, 0.25) is 0 Å². The minimum absolute atomic E-state index is 0.0809. The van der Waals surface area contributed by atoms with Gasteiger partial charge in [0.25, 0.3) is 0 Å². The van der Waals surface area contributed by atoms with E-state index in [1.165, 1.54) is 0 Å². The third kappa shape index (κ3) is 6.75. The second-order valence-corrected chi connectivity index (χ2v) is 7.60. The third-order valence-electron chi connectivity index (χ3n) is 5.34. The lowest BCUT2D eigenvalue weighted by molar-refractivity contribution is -0.138. The van der Waals surface area contributed by atoms with Gasteiger partial charge in [0.2, 0.25) is 11.8 Å². The molecule has 1 aromatic carbocycles. The number of aliphatic hydroxyl groups is 1. The molecule has 1 aromatic rings. The van der Waals surface area contributed by atoms with E-state index in [9.17, 15) is 14.7 Å². The first-order valence-corrected chi connectivity index (χ1v) is 10.0. The molecular formula is C23H32N2O4. The molecule has 0 saturated carbocycles. The molecular weight excluding hydrogens is 368 g/mol. The summed E-state index contributed by atoms with van der Waals surface area (Å²) < 4.78 is 5.16.